The topological polar surface area (TPSA) is 20.3 Å². The maximum Gasteiger partial charge on any atom is 0.255 e. The van der Waals surface area contributed by atoms with Gasteiger partial charge in [-0.15, -0.1) is 0 Å². The van der Waals surface area contributed by atoms with Gasteiger partial charge in [0.25, 0.3) is 5.91 Å². The molecule has 0 spiro atoms. The van der Waals surface area contributed by atoms with Crippen LogP contribution in [0, 0.1) is 12.8 Å². The van der Waals surface area contributed by atoms with E-state index >= 15 is 0 Å². The predicted molar refractivity (Wildman–Crippen MR) is 81.3 cm³/mol. The average Bonchev–Trinajstić information content (AvgIpc) is 2.41. The lowest BCUT2D eigenvalue weighted by Gasteiger charge is -2.32. The van der Waals surface area contributed by atoms with Crippen LogP contribution in [0.5, 0.6) is 0 Å². The molecule has 1 aromatic rings. The fraction of sp³-hybridized carbons (Fsp3) is 0.500. The Balaban J connectivity index is 2.18. The van der Waals surface area contributed by atoms with Crippen LogP contribution in [0.15, 0.2) is 22.7 Å². The largest absolute Gasteiger partial charge is 0.338 e. The summed E-state index contributed by atoms with van der Waals surface area (Å²) in [7, 11) is 0. The third-order valence-corrected chi connectivity index (χ3v) is 5.41. The number of amides is 1. The molecule has 0 aliphatic carbocycles. The van der Waals surface area contributed by atoms with Crippen LogP contribution in [0.4, 0.5) is 0 Å². The molecule has 0 saturated carbocycles. The van der Waals surface area contributed by atoms with Crippen LogP contribution in [0.1, 0.15) is 28.8 Å². The molecule has 4 heteroatoms. The zero-order chi connectivity index (χ0) is 13.1. The normalized spacial score (nSPS) is 19.9. The summed E-state index contributed by atoms with van der Waals surface area (Å²) in [5, 5.41) is 0.978. The lowest BCUT2D eigenvalue weighted by molar-refractivity contribution is 0.0685. The smallest absolute Gasteiger partial charge is 0.255 e. The second kappa shape index (κ2) is 6.20. The predicted octanol–water partition coefficient (Wildman–Crippen LogP) is 4.00. The molecule has 1 amide bonds. The van der Waals surface area contributed by atoms with Gasteiger partial charge in [-0.1, -0.05) is 28.1 Å². The van der Waals surface area contributed by atoms with Crippen LogP contribution < -0.4 is 0 Å². The van der Waals surface area contributed by atoms with Crippen LogP contribution in [-0.4, -0.2) is 29.2 Å². The van der Waals surface area contributed by atoms with Gasteiger partial charge in [0.1, 0.15) is 0 Å². The van der Waals surface area contributed by atoms with Gasteiger partial charge < -0.3 is 4.90 Å². The van der Waals surface area contributed by atoms with Crippen molar-refractivity contribution in [1.82, 2.24) is 4.90 Å². The molecule has 0 aromatic heterocycles. The van der Waals surface area contributed by atoms with Gasteiger partial charge in [-0.25, -0.2) is 0 Å². The van der Waals surface area contributed by atoms with E-state index < -0.39 is 0 Å². The van der Waals surface area contributed by atoms with Gasteiger partial charge in [0.15, 0.2) is 0 Å². The van der Waals surface area contributed by atoms with Crippen LogP contribution in [0.25, 0.3) is 0 Å². The SMILES string of the molecule is Cc1cccc(C(=O)N2CCCC(CBr)C2)c1Br. The first kappa shape index (κ1) is 14.1. The van der Waals surface area contributed by atoms with Gasteiger partial charge in [-0.2, -0.15) is 0 Å². The summed E-state index contributed by atoms with van der Waals surface area (Å²) in [6, 6.07) is 5.86. The number of carbonyl (C=O) groups is 1. The van der Waals surface area contributed by atoms with E-state index in [0.29, 0.717) is 5.92 Å². The van der Waals surface area contributed by atoms with Gasteiger partial charge >= 0.3 is 0 Å². The lowest BCUT2D eigenvalue weighted by atomic mass is 9.99. The standard InChI is InChI=1S/C14H17Br2NO/c1-10-4-2-6-12(13(10)16)14(18)17-7-3-5-11(8-15)9-17/h2,4,6,11H,3,5,7-9H2,1H3. The number of benzene rings is 1. The summed E-state index contributed by atoms with van der Waals surface area (Å²) < 4.78 is 0.927. The molecule has 1 fully saturated rings. The number of alkyl halides is 1. The van der Waals surface area contributed by atoms with E-state index in [1.54, 1.807) is 0 Å². The quantitative estimate of drug-likeness (QED) is 0.716. The number of aryl methyl sites for hydroxylation is 1. The molecular formula is C14H17Br2NO. The lowest BCUT2D eigenvalue weighted by Crippen LogP contribution is -2.40. The molecule has 98 valence electrons. The summed E-state index contributed by atoms with van der Waals surface area (Å²) in [6.07, 6.45) is 2.31. The van der Waals surface area contributed by atoms with Crippen molar-refractivity contribution in [3.8, 4) is 0 Å². The Morgan fingerprint density at radius 3 is 3.00 bits per heavy atom. The Hall–Kier alpha value is -0.350. The highest BCUT2D eigenvalue weighted by Crippen LogP contribution is 2.25. The first-order valence-electron chi connectivity index (χ1n) is 6.24. The molecule has 1 aromatic carbocycles. The number of hydrogen-bond donors (Lipinski definition) is 0. The zero-order valence-electron chi connectivity index (χ0n) is 10.5. The van der Waals surface area contributed by atoms with E-state index in [-0.39, 0.29) is 5.91 Å². The van der Waals surface area contributed by atoms with Gasteiger partial charge in [0, 0.05) is 22.9 Å². The molecule has 2 nitrogen and oxygen atoms in total. The highest BCUT2D eigenvalue weighted by atomic mass is 79.9. The Morgan fingerprint density at radius 1 is 1.50 bits per heavy atom. The molecule has 2 rings (SSSR count). The van der Waals surface area contributed by atoms with Crippen molar-refractivity contribution < 1.29 is 4.79 Å². The zero-order valence-corrected chi connectivity index (χ0v) is 13.6. The van der Waals surface area contributed by atoms with Crippen molar-refractivity contribution in [3.05, 3.63) is 33.8 Å². The van der Waals surface area contributed by atoms with E-state index in [9.17, 15) is 4.79 Å². The Labute approximate surface area is 125 Å². The van der Waals surface area contributed by atoms with E-state index in [4.69, 9.17) is 0 Å². The first-order valence-corrected chi connectivity index (χ1v) is 8.15. The van der Waals surface area contributed by atoms with Crippen LogP contribution in [-0.2, 0) is 0 Å². The molecular weight excluding hydrogens is 358 g/mol. The van der Waals surface area contributed by atoms with Crippen LogP contribution >= 0.6 is 31.9 Å². The first-order chi connectivity index (χ1) is 8.63. The van der Waals surface area contributed by atoms with Gasteiger partial charge in [0.2, 0.25) is 0 Å². The second-order valence-electron chi connectivity index (χ2n) is 4.85. The molecule has 0 bridgehead atoms. The van der Waals surface area contributed by atoms with E-state index in [1.807, 2.05) is 30.0 Å². The van der Waals surface area contributed by atoms with Crippen molar-refractivity contribution in [2.45, 2.75) is 19.8 Å². The van der Waals surface area contributed by atoms with Crippen molar-refractivity contribution >= 4 is 37.8 Å². The van der Waals surface area contributed by atoms with E-state index in [1.165, 1.54) is 6.42 Å². The molecule has 1 aliphatic heterocycles. The maximum absolute atomic E-state index is 12.5. The maximum atomic E-state index is 12.5. The number of halogens is 2. The van der Waals surface area contributed by atoms with E-state index in [2.05, 4.69) is 31.9 Å². The summed E-state index contributed by atoms with van der Waals surface area (Å²) >= 11 is 7.05. The molecule has 1 heterocycles. The summed E-state index contributed by atoms with van der Waals surface area (Å²) in [6.45, 7) is 3.76. The van der Waals surface area contributed by atoms with Gasteiger partial charge in [0.05, 0.1) is 5.56 Å². The molecule has 0 N–H and O–H groups in total. The molecule has 1 unspecified atom stereocenters. The number of likely N-dealkylation sites (tertiary alicyclic amines) is 1. The van der Waals surface area contributed by atoms with Crippen molar-refractivity contribution in [1.29, 1.82) is 0 Å². The number of carbonyl (C=O) groups excluding carboxylic acids is 1. The number of hydrogen-bond acceptors (Lipinski definition) is 1. The summed E-state index contributed by atoms with van der Waals surface area (Å²) in [5.74, 6) is 0.738. The molecule has 1 aliphatic rings. The van der Waals surface area contributed by atoms with E-state index in [0.717, 1.165) is 40.4 Å². The number of nitrogens with zero attached hydrogens (tertiary/aromatic N) is 1. The molecule has 1 atom stereocenters. The molecule has 0 radical (unpaired) electrons. The third kappa shape index (κ3) is 2.97. The monoisotopic (exact) mass is 373 g/mol. The van der Waals surface area contributed by atoms with Crippen LogP contribution in [0.3, 0.4) is 0 Å². The van der Waals surface area contributed by atoms with Crippen LogP contribution in [0.2, 0.25) is 0 Å². The Morgan fingerprint density at radius 2 is 2.28 bits per heavy atom. The fourth-order valence-electron chi connectivity index (χ4n) is 2.36. The third-order valence-electron chi connectivity index (χ3n) is 3.45. The highest BCUT2D eigenvalue weighted by Gasteiger charge is 2.25. The minimum absolute atomic E-state index is 0.149. The fourth-order valence-corrected chi connectivity index (χ4v) is 3.32. The van der Waals surface area contributed by atoms with Crippen molar-refractivity contribution in [2.24, 2.45) is 5.92 Å². The molecule has 18 heavy (non-hydrogen) atoms. The Bertz CT molecular complexity index is 447. The molecule has 1 saturated heterocycles. The minimum Gasteiger partial charge on any atom is -0.338 e. The summed E-state index contributed by atoms with van der Waals surface area (Å²) in [4.78, 5) is 14.5. The highest BCUT2D eigenvalue weighted by molar-refractivity contribution is 9.10. The minimum atomic E-state index is 0.149. The number of rotatable bonds is 2. The van der Waals surface area contributed by atoms with Crippen molar-refractivity contribution in [3.63, 3.8) is 0 Å². The second-order valence-corrected chi connectivity index (χ2v) is 6.29. The Kier molecular flexibility index (Phi) is 4.84. The van der Waals surface area contributed by atoms with Crippen molar-refractivity contribution in [2.75, 3.05) is 18.4 Å². The van der Waals surface area contributed by atoms with Gasteiger partial charge in [-0.3, -0.25) is 4.79 Å². The summed E-state index contributed by atoms with van der Waals surface area (Å²) in [5.41, 5.74) is 1.89. The number of piperidine rings is 1. The van der Waals surface area contributed by atoms with Gasteiger partial charge in [-0.05, 0) is 53.2 Å². The average molecular weight is 375 g/mol.